The molecule has 0 radical (unpaired) electrons. The second-order valence-electron chi connectivity index (χ2n) is 5.08. The fourth-order valence-electron chi connectivity index (χ4n) is 2.47. The summed E-state index contributed by atoms with van der Waals surface area (Å²) < 4.78 is 7.59. The molecule has 0 aliphatic carbocycles. The molecule has 7 heteroatoms. The first kappa shape index (κ1) is 13.8. The number of benzene rings is 1. The molecule has 0 amide bonds. The first-order valence-electron chi connectivity index (χ1n) is 6.72. The Hall–Kier alpha value is -2.15. The van der Waals surface area contributed by atoms with Gasteiger partial charge in [0.2, 0.25) is 10.1 Å². The van der Waals surface area contributed by atoms with Gasteiger partial charge >= 0.3 is 0 Å². The maximum Gasteiger partial charge on any atom is 0.236 e. The summed E-state index contributed by atoms with van der Waals surface area (Å²) in [5.74, 6) is 1.71. The van der Waals surface area contributed by atoms with Crippen molar-refractivity contribution in [2.24, 2.45) is 0 Å². The summed E-state index contributed by atoms with van der Waals surface area (Å²) in [6.07, 6.45) is 0.636. The predicted molar refractivity (Wildman–Crippen MR) is 82.9 cm³/mol. The molecular weight excluding hydrogens is 286 g/mol. The second-order valence-corrected chi connectivity index (χ2v) is 6.06. The monoisotopic (exact) mass is 303 g/mol. The average molecular weight is 303 g/mol. The first-order valence-corrected chi connectivity index (χ1v) is 7.53. The minimum Gasteiger partial charge on any atom is -0.493 e. The van der Waals surface area contributed by atoms with Crippen molar-refractivity contribution in [1.29, 1.82) is 0 Å². The summed E-state index contributed by atoms with van der Waals surface area (Å²) in [6.45, 7) is 6.74. The van der Waals surface area contributed by atoms with Crippen LogP contribution in [0.3, 0.4) is 0 Å². The molecule has 0 atom stereocenters. The van der Waals surface area contributed by atoms with E-state index in [4.69, 9.17) is 10.5 Å². The number of anilines is 1. The number of nitrogens with two attached hydrogens (primary N) is 1. The van der Waals surface area contributed by atoms with E-state index in [2.05, 4.69) is 48.2 Å². The van der Waals surface area contributed by atoms with Gasteiger partial charge in [-0.2, -0.15) is 4.52 Å². The standard InChI is InChI=1S/C14H17N5OS/c1-8-6-9(2)12(10(3)7-8)20-5-4-11-16-17-14-19(11)18-13(15)21-14/h6-7H,4-5H2,1-3H3,(H2,15,18). The molecule has 3 rings (SSSR count). The molecule has 0 spiro atoms. The van der Waals surface area contributed by atoms with Gasteiger partial charge in [-0.1, -0.05) is 29.0 Å². The highest BCUT2D eigenvalue weighted by atomic mass is 32.1. The van der Waals surface area contributed by atoms with Gasteiger partial charge in [0.05, 0.1) is 6.61 Å². The van der Waals surface area contributed by atoms with E-state index < -0.39 is 0 Å². The van der Waals surface area contributed by atoms with Gasteiger partial charge in [0, 0.05) is 6.42 Å². The zero-order chi connectivity index (χ0) is 15.0. The van der Waals surface area contributed by atoms with Crippen LogP contribution in [0.1, 0.15) is 22.5 Å². The van der Waals surface area contributed by atoms with Gasteiger partial charge in [0.25, 0.3) is 0 Å². The molecule has 0 fully saturated rings. The fraction of sp³-hybridized carbons (Fsp3) is 0.357. The number of fused-ring (bicyclic) bond motifs is 1. The van der Waals surface area contributed by atoms with Crippen LogP contribution in [0, 0.1) is 20.8 Å². The molecule has 3 aromatic rings. The van der Waals surface area contributed by atoms with Crippen molar-refractivity contribution in [3.8, 4) is 5.75 Å². The van der Waals surface area contributed by atoms with Crippen LogP contribution in [-0.4, -0.2) is 26.4 Å². The Kier molecular flexibility index (Phi) is 3.50. The van der Waals surface area contributed by atoms with Crippen molar-refractivity contribution in [1.82, 2.24) is 19.8 Å². The Balaban J connectivity index is 1.71. The summed E-state index contributed by atoms with van der Waals surface area (Å²) in [6, 6.07) is 4.25. The predicted octanol–water partition coefficient (Wildman–Crippen LogP) is 2.31. The van der Waals surface area contributed by atoms with Gasteiger partial charge in [-0.05, 0) is 31.9 Å². The van der Waals surface area contributed by atoms with Crippen molar-refractivity contribution in [3.63, 3.8) is 0 Å². The fourth-order valence-corrected chi connectivity index (χ4v) is 3.09. The lowest BCUT2D eigenvalue weighted by Gasteiger charge is -2.12. The molecule has 0 bridgehead atoms. The van der Waals surface area contributed by atoms with E-state index in [0.717, 1.165) is 22.7 Å². The van der Waals surface area contributed by atoms with E-state index in [1.165, 1.54) is 16.9 Å². The van der Waals surface area contributed by atoms with Gasteiger partial charge in [0.15, 0.2) is 5.82 Å². The van der Waals surface area contributed by atoms with Crippen LogP contribution in [0.15, 0.2) is 12.1 Å². The number of nitrogens with zero attached hydrogens (tertiary/aromatic N) is 4. The van der Waals surface area contributed by atoms with Gasteiger partial charge in [0.1, 0.15) is 5.75 Å². The van der Waals surface area contributed by atoms with Crippen molar-refractivity contribution in [2.45, 2.75) is 27.2 Å². The topological polar surface area (TPSA) is 78.3 Å². The van der Waals surface area contributed by atoms with Crippen molar-refractivity contribution in [2.75, 3.05) is 12.3 Å². The van der Waals surface area contributed by atoms with E-state index in [0.29, 0.717) is 23.1 Å². The SMILES string of the molecule is Cc1cc(C)c(OCCc2nnc3sc(N)nn23)c(C)c1. The number of aryl methyl sites for hydroxylation is 3. The highest BCUT2D eigenvalue weighted by Gasteiger charge is 2.11. The smallest absolute Gasteiger partial charge is 0.236 e. The molecule has 6 nitrogen and oxygen atoms in total. The van der Waals surface area contributed by atoms with Crippen molar-refractivity contribution < 1.29 is 4.74 Å². The highest BCUT2D eigenvalue weighted by molar-refractivity contribution is 7.20. The van der Waals surface area contributed by atoms with Crippen LogP contribution in [0.5, 0.6) is 5.75 Å². The Bertz CT molecular complexity index is 769. The summed E-state index contributed by atoms with van der Waals surface area (Å²) in [5.41, 5.74) is 9.21. The van der Waals surface area contributed by atoms with Gasteiger partial charge in [-0.15, -0.1) is 15.3 Å². The van der Waals surface area contributed by atoms with E-state index in [1.54, 1.807) is 4.52 Å². The van der Waals surface area contributed by atoms with Crippen LogP contribution in [0.25, 0.3) is 4.96 Å². The Morgan fingerprint density at radius 1 is 1.19 bits per heavy atom. The molecule has 0 aliphatic heterocycles. The third-order valence-corrected chi connectivity index (χ3v) is 3.98. The number of nitrogen functional groups attached to an aromatic ring is 1. The molecule has 110 valence electrons. The minimum absolute atomic E-state index is 0.493. The van der Waals surface area contributed by atoms with Gasteiger partial charge in [-0.3, -0.25) is 0 Å². The Morgan fingerprint density at radius 3 is 2.62 bits per heavy atom. The molecule has 0 saturated heterocycles. The third-order valence-electron chi connectivity index (χ3n) is 3.25. The molecule has 2 heterocycles. The van der Waals surface area contributed by atoms with Crippen LogP contribution >= 0.6 is 11.3 Å². The Morgan fingerprint density at radius 2 is 1.90 bits per heavy atom. The van der Waals surface area contributed by atoms with Gasteiger partial charge < -0.3 is 10.5 Å². The lowest BCUT2D eigenvalue weighted by Crippen LogP contribution is -2.07. The zero-order valence-electron chi connectivity index (χ0n) is 12.3. The molecule has 1 aromatic carbocycles. The zero-order valence-corrected chi connectivity index (χ0v) is 13.1. The van der Waals surface area contributed by atoms with E-state index in [9.17, 15) is 0 Å². The highest BCUT2D eigenvalue weighted by Crippen LogP contribution is 2.24. The molecule has 0 unspecified atom stereocenters. The number of hydrogen-bond acceptors (Lipinski definition) is 6. The normalized spacial score (nSPS) is 11.2. The number of aromatic nitrogens is 4. The number of hydrogen-bond donors (Lipinski definition) is 1. The number of ether oxygens (including phenoxy) is 1. The molecular formula is C14H17N5OS. The summed E-state index contributed by atoms with van der Waals surface area (Å²) in [5, 5.41) is 12.8. The third kappa shape index (κ3) is 2.69. The molecule has 0 saturated carbocycles. The van der Waals surface area contributed by atoms with E-state index in [1.807, 2.05) is 0 Å². The van der Waals surface area contributed by atoms with Crippen LogP contribution < -0.4 is 10.5 Å². The van der Waals surface area contributed by atoms with E-state index in [-0.39, 0.29) is 0 Å². The van der Waals surface area contributed by atoms with Crippen LogP contribution in [-0.2, 0) is 6.42 Å². The molecule has 2 N–H and O–H groups in total. The minimum atomic E-state index is 0.493. The summed E-state index contributed by atoms with van der Waals surface area (Å²) in [7, 11) is 0. The van der Waals surface area contributed by atoms with Crippen LogP contribution in [0.2, 0.25) is 0 Å². The van der Waals surface area contributed by atoms with E-state index >= 15 is 0 Å². The van der Waals surface area contributed by atoms with Crippen molar-refractivity contribution >= 4 is 21.4 Å². The maximum atomic E-state index is 5.91. The molecule has 21 heavy (non-hydrogen) atoms. The summed E-state index contributed by atoms with van der Waals surface area (Å²) >= 11 is 1.32. The largest absolute Gasteiger partial charge is 0.493 e. The second kappa shape index (κ2) is 5.33. The maximum absolute atomic E-state index is 5.91. The molecule has 2 aromatic heterocycles. The lowest BCUT2D eigenvalue weighted by molar-refractivity contribution is 0.313. The lowest BCUT2D eigenvalue weighted by atomic mass is 10.1. The average Bonchev–Trinajstić information content (AvgIpc) is 2.92. The van der Waals surface area contributed by atoms with Gasteiger partial charge in [-0.25, -0.2) is 0 Å². The number of rotatable bonds is 4. The van der Waals surface area contributed by atoms with Crippen molar-refractivity contribution in [3.05, 3.63) is 34.6 Å². The first-order chi connectivity index (χ1) is 10.0. The molecule has 0 aliphatic rings. The Labute approximate surface area is 126 Å². The summed E-state index contributed by atoms with van der Waals surface area (Å²) in [4.78, 5) is 0.713. The quantitative estimate of drug-likeness (QED) is 0.800. The van der Waals surface area contributed by atoms with Crippen LogP contribution in [0.4, 0.5) is 5.13 Å².